The van der Waals surface area contributed by atoms with Crippen molar-refractivity contribution in [2.75, 3.05) is 13.4 Å². The number of hydrogen-bond donors (Lipinski definition) is 0. The van der Waals surface area contributed by atoms with Crippen molar-refractivity contribution >= 4 is 40.0 Å². The zero-order valence-electron chi connectivity index (χ0n) is 13.3. The maximum atomic E-state index is 13.0. The van der Waals surface area contributed by atoms with Crippen molar-refractivity contribution in [1.82, 2.24) is 24.1 Å². The molecule has 3 heterocycles. The Labute approximate surface area is 151 Å². The summed E-state index contributed by atoms with van der Waals surface area (Å²) in [5.74, 6) is 1.000. The van der Waals surface area contributed by atoms with Crippen LogP contribution in [0, 0.1) is 0 Å². The van der Waals surface area contributed by atoms with Crippen LogP contribution in [0.1, 0.15) is 0 Å². The van der Waals surface area contributed by atoms with Crippen LogP contribution in [0.2, 0.25) is 5.02 Å². The van der Waals surface area contributed by atoms with Gasteiger partial charge in [-0.3, -0.25) is 9.36 Å². The van der Waals surface area contributed by atoms with Gasteiger partial charge in [0, 0.05) is 17.4 Å². The van der Waals surface area contributed by atoms with E-state index in [1.54, 1.807) is 42.1 Å². The standard InChI is InChI=1S/C16H12ClN5O2S/c1-24-13-4-3-9(17)7-12(13)21-6-5-11-10(14(21)23)8-18-15-19-16(25-2)20-22(11)15/h3-8H,1-2H3. The highest BCUT2D eigenvalue weighted by Crippen LogP contribution is 2.26. The lowest BCUT2D eigenvalue weighted by molar-refractivity contribution is 0.412. The van der Waals surface area contributed by atoms with Crippen molar-refractivity contribution in [3.05, 3.63) is 52.0 Å². The summed E-state index contributed by atoms with van der Waals surface area (Å²) in [6.45, 7) is 0. The molecule has 3 aromatic heterocycles. The molecule has 0 saturated carbocycles. The summed E-state index contributed by atoms with van der Waals surface area (Å²) in [6, 6.07) is 6.91. The molecule has 0 aliphatic heterocycles. The summed E-state index contributed by atoms with van der Waals surface area (Å²) < 4.78 is 8.40. The van der Waals surface area contributed by atoms with Crippen molar-refractivity contribution in [1.29, 1.82) is 0 Å². The van der Waals surface area contributed by atoms with Gasteiger partial charge >= 0.3 is 0 Å². The summed E-state index contributed by atoms with van der Waals surface area (Å²) in [6.07, 6.45) is 5.06. The summed E-state index contributed by atoms with van der Waals surface area (Å²) in [5.41, 5.74) is 0.958. The first-order chi connectivity index (χ1) is 12.1. The van der Waals surface area contributed by atoms with Crippen LogP contribution in [0.3, 0.4) is 0 Å². The van der Waals surface area contributed by atoms with Crippen LogP contribution in [0.25, 0.3) is 22.4 Å². The van der Waals surface area contributed by atoms with Crippen LogP contribution < -0.4 is 10.3 Å². The first-order valence-electron chi connectivity index (χ1n) is 7.27. The van der Waals surface area contributed by atoms with Gasteiger partial charge in [0.15, 0.2) is 0 Å². The third-order valence-corrected chi connectivity index (χ3v) is 4.57. The largest absolute Gasteiger partial charge is 0.495 e. The minimum atomic E-state index is -0.242. The molecule has 0 amide bonds. The molecule has 4 rings (SSSR count). The SMILES string of the molecule is COc1ccc(Cl)cc1-n1ccc2c(cnc3nc(SC)nn32)c1=O. The average Bonchev–Trinajstić information content (AvgIpc) is 3.06. The van der Waals surface area contributed by atoms with E-state index in [0.717, 1.165) is 0 Å². The summed E-state index contributed by atoms with van der Waals surface area (Å²) >= 11 is 7.50. The normalized spacial score (nSPS) is 11.3. The Bertz CT molecular complexity index is 1170. The van der Waals surface area contributed by atoms with E-state index in [-0.39, 0.29) is 5.56 Å². The summed E-state index contributed by atoms with van der Waals surface area (Å²) in [4.78, 5) is 21.5. The molecule has 0 N–H and O–H groups in total. The Kier molecular flexibility index (Phi) is 3.85. The molecule has 0 radical (unpaired) electrons. The first-order valence-corrected chi connectivity index (χ1v) is 8.87. The van der Waals surface area contributed by atoms with Gasteiger partial charge in [-0.05, 0) is 30.5 Å². The second-order valence-corrected chi connectivity index (χ2v) is 6.38. The number of pyridine rings is 1. The molecule has 9 heteroatoms. The Hall–Kier alpha value is -2.58. The molecule has 7 nitrogen and oxygen atoms in total. The van der Waals surface area contributed by atoms with Gasteiger partial charge < -0.3 is 4.74 Å². The van der Waals surface area contributed by atoms with E-state index in [2.05, 4.69) is 15.1 Å². The van der Waals surface area contributed by atoms with Crippen molar-refractivity contribution in [2.24, 2.45) is 0 Å². The minimum absolute atomic E-state index is 0.242. The fourth-order valence-corrected chi connectivity index (χ4v) is 3.13. The average molecular weight is 374 g/mol. The van der Waals surface area contributed by atoms with Gasteiger partial charge in [0.05, 0.1) is 23.7 Å². The van der Waals surface area contributed by atoms with Crippen LogP contribution in [-0.4, -0.2) is 37.5 Å². The maximum absolute atomic E-state index is 13.0. The van der Waals surface area contributed by atoms with Crippen molar-refractivity contribution in [3.8, 4) is 11.4 Å². The molecule has 1 aromatic carbocycles. The van der Waals surface area contributed by atoms with Gasteiger partial charge in [0.25, 0.3) is 11.3 Å². The monoisotopic (exact) mass is 373 g/mol. The zero-order valence-corrected chi connectivity index (χ0v) is 14.9. The second-order valence-electron chi connectivity index (χ2n) is 5.17. The van der Waals surface area contributed by atoms with Gasteiger partial charge in [-0.1, -0.05) is 23.4 Å². The smallest absolute Gasteiger partial charge is 0.266 e. The fourth-order valence-electron chi connectivity index (χ4n) is 2.63. The molecule has 0 aliphatic carbocycles. The number of halogens is 1. The molecule has 4 aromatic rings. The van der Waals surface area contributed by atoms with Crippen molar-refractivity contribution in [2.45, 2.75) is 5.16 Å². The predicted molar refractivity (Wildman–Crippen MR) is 97.2 cm³/mol. The second kappa shape index (κ2) is 6.05. The fraction of sp³-hybridized carbons (Fsp3) is 0.125. The van der Waals surface area contributed by atoms with E-state index < -0.39 is 0 Å². The molecule has 25 heavy (non-hydrogen) atoms. The van der Waals surface area contributed by atoms with E-state index in [1.807, 2.05) is 6.26 Å². The Morgan fingerprint density at radius 3 is 2.88 bits per heavy atom. The molecule has 0 aliphatic rings. The molecular weight excluding hydrogens is 362 g/mol. The van der Waals surface area contributed by atoms with Gasteiger partial charge in [-0.2, -0.15) is 9.50 Å². The van der Waals surface area contributed by atoms with E-state index in [0.29, 0.717) is 38.3 Å². The predicted octanol–water partition coefficient (Wildman–Crippen LogP) is 2.81. The van der Waals surface area contributed by atoms with Gasteiger partial charge in [-0.25, -0.2) is 4.98 Å². The number of thioether (sulfide) groups is 1. The quantitative estimate of drug-likeness (QED) is 0.514. The highest BCUT2D eigenvalue weighted by atomic mass is 35.5. The van der Waals surface area contributed by atoms with Crippen LogP contribution in [0.15, 0.2) is 46.6 Å². The van der Waals surface area contributed by atoms with Crippen LogP contribution >= 0.6 is 23.4 Å². The van der Waals surface area contributed by atoms with E-state index in [1.165, 1.54) is 22.5 Å². The van der Waals surface area contributed by atoms with Gasteiger partial charge in [-0.15, -0.1) is 5.10 Å². The van der Waals surface area contributed by atoms with E-state index in [9.17, 15) is 4.79 Å². The molecule has 126 valence electrons. The number of methoxy groups -OCH3 is 1. The third-order valence-electron chi connectivity index (χ3n) is 3.80. The number of nitrogens with zero attached hydrogens (tertiary/aromatic N) is 5. The number of benzene rings is 1. The topological polar surface area (TPSA) is 74.3 Å². The number of rotatable bonds is 3. The Morgan fingerprint density at radius 1 is 1.28 bits per heavy atom. The van der Waals surface area contributed by atoms with Crippen LogP contribution in [0.5, 0.6) is 5.75 Å². The molecule has 0 fully saturated rings. The number of fused-ring (bicyclic) bond motifs is 3. The molecule has 0 spiro atoms. The van der Waals surface area contributed by atoms with Crippen LogP contribution in [0.4, 0.5) is 0 Å². The lowest BCUT2D eigenvalue weighted by atomic mass is 10.2. The number of hydrogen-bond acceptors (Lipinski definition) is 6. The van der Waals surface area contributed by atoms with Crippen LogP contribution in [-0.2, 0) is 0 Å². The number of aromatic nitrogens is 5. The Morgan fingerprint density at radius 2 is 2.12 bits per heavy atom. The van der Waals surface area contributed by atoms with Gasteiger partial charge in [0.1, 0.15) is 5.75 Å². The molecular formula is C16H12ClN5O2S. The molecule has 0 bridgehead atoms. The van der Waals surface area contributed by atoms with Crippen molar-refractivity contribution < 1.29 is 4.74 Å². The molecule has 0 atom stereocenters. The first kappa shape index (κ1) is 15.9. The van der Waals surface area contributed by atoms with E-state index in [4.69, 9.17) is 16.3 Å². The third kappa shape index (κ3) is 2.54. The van der Waals surface area contributed by atoms with Crippen molar-refractivity contribution in [3.63, 3.8) is 0 Å². The highest BCUT2D eigenvalue weighted by Gasteiger charge is 2.14. The maximum Gasteiger partial charge on any atom is 0.266 e. The van der Waals surface area contributed by atoms with E-state index >= 15 is 0 Å². The number of ether oxygens (including phenoxy) is 1. The summed E-state index contributed by atoms with van der Waals surface area (Å²) in [5, 5.41) is 5.90. The Balaban J connectivity index is 2.02. The lowest BCUT2D eigenvalue weighted by Crippen LogP contribution is -2.19. The lowest BCUT2D eigenvalue weighted by Gasteiger charge is -2.12. The summed E-state index contributed by atoms with van der Waals surface area (Å²) in [7, 11) is 1.54. The van der Waals surface area contributed by atoms with Gasteiger partial charge in [0.2, 0.25) is 5.16 Å². The zero-order chi connectivity index (χ0) is 17.6. The highest BCUT2D eigenvalue weighted by molar-refractivity contribution is 7.98. The molecule has 0 saturated heterocycles. The molecule has 0 unspecified atom stereocenters. The minimum Gasteiger partial charge on any atom is -0.495 e.